The van der Waals surface area contributed by atoms with E-state index >= 15 is 0 Å². The van der Waals surface area contributed by atoms with Crippen molar-refractivity contribution in [1.82, 2.24) is 0 Å². The number of quaternary nitrogens is 1. The molecule has 0 radical (unpaired) electrons. The minimum atomic E-state index is 0.842. The lowest BCUT2D eigenvalue weighted by molar-refractivity contribution is -0.910. The number of rotatable bonds is 35. The number of nitrogens with zero attached hydrogens (tertiary/aromatic N) is 1. The molecule has 0 aromatic rings. The molecule has 0 aliphatic carbocycles. The van der Waals surface area contributed by atoms with Gasteiger partial charge in [-0.2, -0.15) is 0 Å². The Morgan fingerprint density at radius 1 is 0.357 bits per heavy atom. The summed E-state index contributed by atoms with van der Waals surface area (Å²) >= 11 is 0. The Labute approximate surface area is 267 Å². The molecule has 0 saturated heterocycles. The van der Waals surface area contributed by atoms with Crippen LogP contribution >= 0.6 is 0 Å². The quantitative estimate of drug-likeness (QED) is 0.0444. The molecule has 0 aromatic heterocycles. The third-order valence-corrected chi connectivity index (χ3v) is 9.32. The SMILES string of the molecule is CCCCCCCC/C=C/CCCCCCCC[N+](C)(CCCN)CCCCCCCC/C=C/CCCCCCCC. The van der Waals surface area contributed by atoms with Crippen LogP contribution in [0.15, 0.2) is 24.3 Å². The smallest absolute Gasteiger partial charge is 0.0796 e. The third-order valence-electron chi connectivity index (χ3n) is 9.32. The third kappa shape index (κ3) is 32.3. The maximum atomic E-state index is 5.90. The zero-order chi connectivity index (χ0) is 30.7. The molecule has 0 fully saturated rings. The van der Waals surface area contributed by atoms with Crippen LogP contribution in [0.5, 0.6) is 0 Å². The van der Waals surface area contributed by atoms with E-state index in [1.165, 1.54) is 210 Å². The number of allylic oxidation sites excluding steroid dienone is 4. The number of unbranched alkanes of at least 4 members (excludes halogenated alkanes) is 24. The van der Waals surface area contributed by atoms with E-state index in [2.05, 4.69) is 45.2 Å². The molecule has 0 heterocycles. The van der Waals surface area contributed by atoms with E-state index in [4.69, 9.17) is 5.73 Å². The summed E-state index contributed by atoms with van der Waals surface area (Å²) < 4.78 is 1.25. The van der Waals surface area contributed by atoms with Crippen LogP contribution in [-0.4, -0.2) is 37.7 Å². The summed E-state index contributed by atoms with van der Waals surface area (Å²) in [5.74, 6) is 0. The molecule has 42 heavy (non-hydrogen) atoms. The molecule has 0 bridgehead atoms. The highest BCUT2D eigenvalue weighted by molar-refractivity contribution is 4.82. The molecule has 0 aliphatic heterocycles. The lowest BCUT2D eigenvalue weighted by Gasteiger charge is -2.35. The van der Waals surface area contributed by atoms with Crippen LogP contribution in [0.1, 0.15) is 200 Å². The second-order valence-corrected chi connectivity index (χ2v) is 13.8. The Kier molecular flexibility index (Phi) is 34.4. The molecule has 0 aliphatic rings. The van der Waals surface area contributed by atoms with E-state index < -0.39 is 0 Å². The first kappa shape index (κ1) is 41.4. The Morgan fingerprint density at radius 2 is 0.619 bits per heavy atom. The van der Waals surface area contributed by atoms with E-state index in [-0.39, 0.29) is 0 Å². The summed E-state index contributed by atoms with van der Waals surface area (Å²) in [6.07, 6.45) is 49.9. The van der Waals surface area contributed by atoms with Crippen LogP contribution in [0.3, 0.4) is 0 Å². The van der Waals surface area contributed by atoms with Crippen LogP contribution in [0, 0.1) is 0 Å². The molecule has 0 amide bonds. The zero-order valence-electron chi connectivity index (χ0n) is 29.7. The first-order chi connectivity index (χ1) is 20.7. The van der Waals surface area contributed by atoms with E-state index in [9.17, 15) is 0 Å². The van der Waals surface area contributed by atoms with Gasteiger partial charge in [0.15, 0.2) is 0 Å². The van der Waals surface area contributed by atoms with Gasteiger partial charge in [0, 0.05) is 6.42 Å². The summed E-state index contributed by atoms with van der Waals surface area (Å²) in [6, 6.07) is 0. The zero-order valence-corrected chi connectivity index (χ0v) is 29.7. The highest BCUT2D eigenvalue weighted by Gasteiger charge is 2.19. The summed E-state index contributed by atoms with van der Waals surface area (Å²) in [5, 5.41) is 0. The Hall–Kier alpha value is -0.600. The van der Waals surface area contributed by atoms with Crippen molar-refractivity contribution < 1.29 is 4.48 Å². The molecule has 2 heteroatoms. The van der Waals surface area contributed by atoms with Crippen LogP contribution in [0.25, 0.3) is 0 Å². The second kappa shape index (κ2) is 34.9. The fraction of sp³-hybridized carbons (Fsp3) is 0.900. The largest absolute Gasteiger partial charge is 0.330 e. The fourth-order valence-corrected chi connectivity index (χ4v) is 6.29. The molecule has 0 unspecified atom stereocenters. The molecule has 0 rings (SSSR count). The minimum Gasteiger partial charge on any atom is -0.330 e. The number of hydrogen-bond acceptors (Lipinski definition) is 1. The summed E-state index contributed by atoms with van der Waals surface area (Å²) in [6.45, 7) is 9.41. The molecule has 0 aromatic carbocycles. The van der Waals surface area contributed by atoms with E-state index in [0.29, 0.717) is 0 Å². The molecule has 2 N–H and O–H groups in total. The van der Waals surface area contributed by atoms with Crippen molar-refractivity contribution in [3.05, 3.63) is 24.3 Å². The van der Waals surface area contributed by atoms with Gasteiger partial charge in [0.05, 0.1) is 26.7 Å². The van der Waals surface area contributed by atoms with Gasteiger partial charge in [-0.15, -0.1) is 0 Å². The first-order valence-electron chi connectivity index (χ1n) is 19.5. The van der Waals surface area contributed by atoms with Gasteiger partial charge in [0.25, 0.3) is 0 Å². The normalized spacial score (nSPS) is 12.4. The Bertz CT molecular complexity index is 510. The van der Waals surface area contributed by atoms with Gasteiger partial charge in [0.1, 0.15) is 0 Å². The lowest BCUT2D eigenvalue weighted by atomic mass is 10.1. The lowest BCUT2D eigenvalue weighted by Crippen LogP contribution is -2.46. The van der Waals surface area contributed by atoms with Gasteiger partial charge in [-0.05, 0) is 83.6 Å². The minimum absolute atomic E-state index is 0.842. The van der Waals surface area contributed by atoms with Gasteiger partial charge in [0.2, 0.25) is 0 Å². The molecule has 0 spiro atoms. The van der Waals surface area contributed by atoms with Crippen molar-refractivity contribution in [2.45, 2.75) is 200 Å². The van der Waals surface area contributed by atoms with Gasteiger partial charge in [-0.1, -0.05) is 141 Å². The van der Waals surface area contributed by atoms with Gasteiger partial charge in [-0.3, -0.25) is 0 Å². The fourth-order valence-electron chi connectivity index (χ4n) is 6.29. The monoisotopic (exact) mass is 590 g/mol. The maximum Gasteiger partial charge on any atom is 0.0796 e. The van der Waals surface area contributed by atoms with E-state index in [1.54, 1.807) is 0 Å². The molecule has 0 atom stereocenters. The molecular weight excluding hydrogens is 508 g/mol. The number of hydrogen-bond donors (Lipinski definition) is 1. The van der Waals surface area contributed by atoms with Crippen LogP contribution < -0.4 is 5.73 Å². The summed E-state index contributed by atoms with van der Waals surface area (Å²) in [7, 11) is 2.50. The standard InChI is InChI=1S/C40H81N2/c1-4-6-8-10-12-14-16-18-20-22-24-26-28-30-32-34-38-42(3,40-36-37-41)39-35-33-31-29-27-25-23-21-19-17-15-13-11-9-7-5-2/h18-21H,4-17,22-41H2,1-3H3/q+1/b20-18+,21-19+. The Morgan fingerprint density at radius 3 is 0.929 bits per heavy atom. The predicted octanol–water partition coefficient (Wildman–Crippen LogP) is 12.9. The van der Waals surface area contributed by atoms with Gasteiger partial charge < -0.3 is 10.2 Å². The second-order valence-electron chi connectivity index (χ2n) is 13.8. The topological polar surface area (TPSA) is 26.0 Å². The maximum absolute atomic E-state index is 5.90. The molecular formula is C40H81N2+. The van der Waals surface area contributed by atoms with Crippen molar-refractivity contribution in [2.24, 2.45) is 5.73 Å². The Balaban J connectivity index is 3.68. The average Bonchev–Trinajstić information content (AvgIpc) is 2.99. The van der Waals surface area contributed by atoms with Crippen molar-refractivity contribution in [3.63, 3.8) is 0 Å². The molecule has 2 nitrogen and oxygen atoms in total. The summed E-state index contributed by atoms with van der Waals surface area (Å²) in [4.78, 5) is 0. The van der Waals surface area contributed by atoms with Crippen molar-refractivity contribution in [3.8, 4) is 0 Å². The molecule has 250 valence electrons. The number of nitrogens with two attached hydrogens (primary N) is 1. The van der Waals surface area contributed by atoms with Crippen molar-refractivity contribution in [1.29, 1.82) is 0 Å². The van der Waals surface area contributed by atoms with Crippen molar-refractivity contribution >= 4 is 0 Å². The highest BCUT2D eigenvalue weighted by atomic mass is 15.3. The van der Waals surface area contributed by atoms with E-state index in [0.717, 1.165) is 6.54 Å². The summed E-state index contributed by atoms with van der Waals surface area (Å²) in [5.41, 5.74) is 5.90. The molecule has 0 saturated carbocycles. The van der Waals surface area contributed by atoms with Gasteiger partial charge in [-0.25, -0.2) is 0 Å². The predicted molar refractivity (Wildman–Crippen MR) is 193 cm³/mol. The average molecular weight is 590 g/mol. The van der Waals surface area contributed by atoms with Crippen molar-refractivity contribution in [2.75, 3.05) is 33.2 Å². The van der Waals surface area contributed by atoms with Crippen LogP contribution in [0.2, 0.25) is 0 Å². The highest BCUT2D eigenvalue weighted by Crippen LogP contribution is 2.16. The van der Waals surface area contributed by atoms with Crippen LogP contribution in [0.4, 0.5) is 0 Å². The van der Waals surface area contributed by atoms with E-state index in [1.807, 2.05) is 0 Å². The first-order valence-corrected chi connectivity index (χ1v) is 19.5. The van der Waals surface area contributed by atoms with Crippen LogP contribution in [-0.2, 0) is 0 Å². The van der Waals surface area contributed by atoms with Gasteiger partial charge >= 0.3 is 0 Å².